The molecule has 9 nitrogen and oxygen atoms in total. The number of carbonyl (C=O) groups is 1. The molecule has 2 fully saturated rings. The molecule has 2 aliphatic heterocycles. The molecule has 0 spiro atoms. The maximum Gasteiger partial charge on any atom is 0.223 e. The van der Waals surface area contributed by atoms with Crippen molar-refractivity contribution >= 4 is 5.91 Å². The lowest BCUT2D eigenvalue weighted by atomic mass is 10.1. The minimum atomic E-state index is 0.110. The first-order valence-corrected chi connectivity index (χ1v) is 10.1. The molecule has 0 radical (unpaired) electrons. The van der Waals surface area contributed by atoms with Gasteiger partial charge in [-0.15, -0.1) is 5.10 Å². The molecule has 0 aliphatic carbocycles. The molecular weight excluding hydrogens is 358 g/mol. The Morgan fingerprint density at radius 2 is 2.11 bits per heavy atom. The molecule has 0 bridgehead atoms. The Morgan fingerprint density at radius 1 is 1.21 bits per heavy atom. The van der Waals surface area contributed by atoms with E-state index in [4.69, 9.17) is 4.74 Å². The fraction of sp³-hybridized carbons (Fsp3) is 0.632. The van der Waals surface area contributed by atoms with Crippen molar-refractivity contribution in [3.8, 4) is 0 Å². The van der Waals surface area contributed by atoms with Gasteiger partial charge >= 0.3 is 0 Å². The lowest BCUT2D eigenvalue weighted by Crippen LogP contribution is -2.36. The number of hydrogen-bond acceptors (Lipinski definition) is 7. The zero-order chi connectivity index (χ0) is 19.2. The SMILES string of the molecule is O=C(CCCn1nnnc1CN1CCOCC1)N1CCC[C@H]1c1ccccn1. The standard InChI is InChI=1S/C19H27N7O2/c27-19(25-9-3-6-17(25)16-5-1-2-8-20-16)7-4-10-26-18(21-22-23-26)15-24-11-13-28-14-12-24/h1-2,5,8,17H,3-4,6-7,9-15H2/t17-/m0/s1. The van der Waals surface area contributed by atoms with Gasteiger partial charge in [-0.2, -0.15) is 0 Å². The maximum absolute atomic E-state index is 12.8. The minimum Gasteiger partial charge on any atom is -0.379 e. The lowest BCUT2D eigenvalue weighted by molar-refractivity contribution is -0.132. The van der Waals surface area contributed by atoms with E-state index in [0.29, 0.717) is 13.0 Å². The molecule has 150 valence electrons. The van der Waals surface area contributed by atoms with Crippen LogP contribution in [0.25, 0.3) is 0 Å². The summed E-state index contributed by atoms with van der Waals surface area (Å²) >= 11 is 0. The van der Waals surface area contributed by atoms with E-state index in [9.17, 15) is 4.79 Å². The van der Waals surface area contributed by atoms with Crippen LogP contribution in [0.3, 0.4) is 0 Å². The molecule has 4 heterocycles. The fourth-order valence-electron chi connectivity index (χ4n) is 3.94. The van der Waals surface area contributed by atoms with Crippen LogP contribution >= 0.6 is 0 Å². The van der Waals surface area contributed by atoms with Crippen LogP contribution < -0.4 is 0 Å². The summed E-state index contributed by atoms with van der Waals surface area (Å²) < 4.78 is 7.21. The fourth-order valence-corrected chi connectivity index (χ4v) is 3.94. The Labute approximate surface area is 164 Å². The Bertz CT molecular complexity index is 761. The summed E-state index contributed by atoms with van der Waals surface area (Å²) in [7, 11) is 0. The Kier molecular flexibility index (Phi) is 6.23. The second-order valence-electron chi connectivity index (χ2n) is 7.31. The van der Waals surface area contributed by atoms with Crippen molar-refractivity contribution in [1.29, 1.82) is 0 Å². The number of tetrazole rings is 1. The van der Waals surface area contributed by atoms with Crippen LogP contribution in [-0.4, -0.2) is 73.7 Å². The summed E-state index contributed by atoms with van der Waals surface area (Å²) in [4.78, 5) is 21.5. The summed E-state index contributed by atoms with van der Waals surface area (Å²) in [6.45, 7) is 5.49. The maximum atomic E-state index is 12.8. The number of aromatic nitrogens is 5. The van der Waals surface area contributed by atoms with E-state index in [1.54, 1.807) is 6.20 Å². The third-order valence-electron chi connectivity index (χ3n) is 5.44. The predicted molar refractivity (Wildman–Crippen MR) is 101 cm³/mol. The average molecular weight is 385 g/mol. The first-order valence-electron chi connectivity index (χ1n) is 10.1. The second kappa shape index (κ2) is 9.20. The van der Waals surface area contributed by atoms with Gasteiger partial charge in [-0.05, 0) is 41.8 Å². The number of ether oxygens (including phenoxy) is 1. The highest BCUT2D eigenvalue weighted by Gasteiger charge is 2.30. The molecule has 1 amide bonds. The second-order valence-corrected chi connectivity index (χ2v) is 7.31. The van der Waals surface area contributed by atoms with E-state index < -0.39 is 0 Å². The summed E-state index contributed by atoms with van der Waals surface area (Å²) in [5, 5.41) is 12.1. The van der Waals surface area contributed by atoms with E-state index in [1.165, 1.54) is 0 Å². The van der Waals surface area contributed by atoms with E-state index in [1.807, 2.05) is 27.8 Å². The highest BCUT2D eigenvalue weighted by Crippen LogP contribution is 2.31. The molecule has 0 aromatic carbocycles. The monoisotopic (exact) mass is 385 g/mol. The molecular formula is C19H27N7O2. The Hall–Kier alpha value is -2.39. The van der Waals surface area contributed by atoms with E-state index >= 15 is 0 Å². The van der Waals surface area contributed by atoms with E-state index in [-0.39, 0.29) is 11.9 Å². The largest absolute Gasteiger partial charge is 0.379 e. The number of likely N-dealkylation sites (tertiary alicyclic amines) is 1. The summed E-state index contributed by atoms with van der Waals surface area (Å²) in [5.41, 5.74) is 0.988. The number of morpholine rings is 1. The molecule has 1 atom stereocenters. The minimum absolute atomic E-state index is 0.110. The molecule has 2 aromatic rings. The van der Waals surface area contributed by atoms with Crippen LogP contribution in [0, 0.1) is 0 Å². The van der Waals surface area contributed by atoms with Gasteiger partial charge in [0.1, 0.15) is 0 Å². The number of pyridine rings is 1. The van der Waals surface area contributed by atoms with Gasteiger partial charge in [-0.25, -0.2) is 4.68 Å². The van der Waals surface area contributed by atoms with Crippen molar-refractivity contribution in [2.24, 2.45) is 0 Å². The summed E-state index contributed by atoms with van der Waals surface area (Å²) in [6, 6.07) is 6.01. The van der Waals surface area contributed by atoms with Gasteiger partial charge in [-0.3, -0.25) is 14.7 Å². The Balaban J connectivity index is 1.28. The van der Waals surface area contributed by atoms with Crippen molar-refractivity contribution in [1.82, 2.24) is 35.0 Å². The predicted octanol–water partition coefficient (Wildman–Crippen LogP) is 1.04. The van der Waals surface area contributed by atoms with Crippen molar-refractivity contribution in [2.45, 2.75) is 44.8 Å². The van der Waals surface area contributed by atoms with Crippen LogP contribution in [0.2, 0.25) is 0 Å². The number of amides is 1. The van der Waals surface area contributed by atoms with Gasteiger partial charge in [0.25, 0.3) is 0 Å². The number of rotatable bonds is 7. The van der Waals surface area contributed by atoms with Gasteiger partial charge in [0.05, 0.1) is 31.5 Å². The van der Waals surface area contributed by atoms with Crippen molar-refractivity contribution in [3.05, 3.63) is 35.9 Å². The topological polar surface area (TPSA) is 89.3 Å². The molecule has 4 rings (SSSR count). The molecule has 0 unspecified atom stereocenters. The molecule has 0 saturated carbocycles. The van der Waals surface area contributed by atoms with E-state index in [2.05, 4.69) is 25.4 Å². The van der Waals surface area contributed by atoms with Gasteiger partial charge in [0, 0.05) is 38.8 Å². The van der Waals surface area contributed by atoms with Crippen LogP contribution in [-0.2, 0) is 22.6 Å². The van der Waals surface area contributed by atoms with E-state index in [0.717, 1.165) is 70.2 Å². The number of hydrogen-bond donors (Lipinski definition) is 0. The van der Waals surface area contributed by atoms with Gasteiger partial charge < -0.3 is 9.64 Å². The summed E-state index contributed by atoms with van der Waals surface area (Å²) in [5.74, 6) is 1.04. The van der Waals surface area contributed by atoms with Gasteiger partial charge in [-0.1, -0.05) is 6.07 Å². The lowest BCUT2D eigenvalue weighted by Gasteiger charge is -2.26. The van der Waals surface area contributed by atoms with Crippen molar-refractivity contribution < 1.29 is 9.53 Å². The molecule has 9 heteroatoms. The highest BCUT2D eigenvalue weighted by molar-refractivity contribution is 5.76. The molecule has 28 heavy (non-hydrogen) atoms. The molecule has 0 N–H and O–H groups in total. The Morgan fingerprint density at radius 3 is 2.93 bits per heavy atom. The number of aryl methyl sites for hydroxylation is 1. The highest BCUT2D eigenvalue weighted by atomic mass is 16.5. The number of nitrogens with zero attached hydrogens (tertiary/aromatic N) is 7. The van der Waals surface area contributed by atoms with Crippen molar-refractivity contribution in [2.75, 3.05) is 32.8 Å². The van der Waals surface area contributed by atoms with Gasteiger partial charge in [0.15, 0.2) is 5.82 Å². The third kappa shape index (κ3) is 4.53. The van der Waals surface area contributed by atoms with Crippen LogP contribution in [0.4, 0.5) is 0 Å². The molecule has 2 aromatic heterocycles. The summed E-state index contributed by atoms with van der Waals surface area (Å²) in [6.07, 6.45) is 5.04. The van der Waals surface area contributed by atoms with Crippen LogP contribution in [0.1, 0.15) is 43.2 Å². The molecule has 2 aliphatic rings. The van der Waals surface area contributed by atoms with Gasteiger partial charge in [0.2, 0.25) is 5.91 Å². The van der Waals surface area contributed by atoms with Crippen LogP contribution in [0.5, 0.6) is 0 Å². The first kappa shape index (κ1) is 18.9. The third-order valence-corrected chi connectivity index (χ3v) is 5.44. The average Bonchev–Trinajstić information content (AvgIpc) is 3.39. The molecule has 2 saturated heterocycles. The first-order chi connectivity index (χ1) is 13.8. The van der Waals surface area contributed by atoms with Crippen molar-refractivity contribution in [3.63, 3.8) is 0 Å². The normalized spacial score (nSPS) is 20.6. The quantitative estimate of drug-likeness (QED) is 0.704. The van der Waals surface area contributed by atoms with Crippen LogP contribution in [0.15, 0.2) is 24.4 Å². The smallest absolute Gasteiger partial charge is 0.223 e. The zero-order valence-corrected chi connectivity index (χ0v) is 16.1. The zero-order valence-electron chi connectivity index (χ0n) is 16.1. The number of carbonyl (C=O) groups excluding carboxylic acids is 1.